The van der Waals surface area contributed by atoms with E-state index < -0.39 is 0 Å². The summed E-state index contributed by atoms with van der Waals surface area (Å²) in [5, 5.41) is 11.2. The van der Waals surface area contributed by atoms with Crippen molar-refractivity contribution in [2.45, 2.75) is 0 Å². The number of para-hydroxylation sites is 2. The van der Waals surface area contributed by atoms with Crippen LogP contribution in [0.3, 0.4) is 0 Å². The molecule has 0 aliphatic rings. The molecule has 4 aromatic heterocycles. The summed E-state index contributed by atoms with van der Waals surface area (Å²) in [6.45, 7) is 0. The topological polar surface area (TPSA) is 22.8 Å². The van der Waals surface area contributed by atoms with Crippen LogP contribution in [0.5, 0.6) is 0 Å². The molecule has 0 unspecified atom stereocenters. The molecule has 11 rings (SSSR count). The van der Waals surface area contributed by atoms with Crippen molar-refractivity contribution in [3.05, 3.63) is 140 Å². The van der Waals surface area contributed by atoms with Crippen molar-refractivity contribution in [1.82, 2.24) is 14.1 Å². The summed E-state index contributed by atoms with van der Waals surface area (Å²) in [7, 11) is 0. The van der Waals surface area contributed by atoms with Crippen molar-refractivity contribution in [3.8, 4) is 10.8 Å². The van der Waals surface area contributed by atoms with Gasteiger partial charge in [-0.3, -0.25) is 4.57 Å². The van der Waals surface area contributed by atoms with Crippen molar-refractivity contribution in [1.29, 1.82) is 0 Å². The minimum atomic E-state index is 1.00. The largest absolute Gasteiger partial charge is 0.309 e. The Morgan fingerprint density at radius 1 is 0.435 bits per heavy atom. The van der Waals surface area contributed by atoms with Crippen LogP contribution in [0.15, 0.2) is 140 Å². The molecule has 0 atom stereocenters. The fraction of sp³-hybridized carbons (Fsp3) is 0. The number of rotatable bonds is 2. The predicted molar refractivity (Wildman–Crippen MR) is 199 cm³/mol. The van der Waals surface area contributed by atoms with Crippen LogP contribution in [0.2, 0.25) is 0 Å². The number of hydrogen-bond donors (Lipinski definition) is 0. The summed E-state index contributed by atoms with van der Waals surface area (Å²) in [4.78, 5) is 5.26. The molecule has 0 spiro atoms. The third-order valence-electron chi connectivity index (χ3n) is 9.55. The number of hydrogen-bond acceptors (Lipinski definition) is 3. The molecule has 5 heteroatoms. The molecule has 0 amide bonds. The predicted octanol–water partition coefficient (Wildman–Crippen LogP) is 12.0. The minimum absolute atomic E-state index is 1.00. The summed E-state index contributed by atoms with van der Waals surface area (Å²) in [6.07, 6.45) is 0. The maximum atomic E-state index is 5.26. The molecule has 3 nitrogen and oxygen atoms in total. The third-order valence-corrected chi connectivity index (χ3v) is 11.8. The summed E-state index contributed by atoms with van der Waals surface area (Å²) in [5.41, 5.74) is 7.00. The Balaban J connectivity index is 1.19. The molecular formula is C41H23N3S2. The molecule has 46 heavy (non-hydrogen) atoms. The SMILES string of the molecule is c1ccc2c(c1)ccc1c2c2ccccc2n1-c1ccc2c(c1)c1ccccc1n2-c1nc2ccc3sc4ccccc4c3c2s1. The van der Waals surface area contributed by atoms with Crippen molar-refractivity contribution in [3.63, 3.8) is 0 Å². The lowest BCUT2D eigenvalue weighted by molar-refractivity contribution is 1.14. The summed E-state index contributed by atoms with van der Waals surface area (Å²) >= 11 is 3.65. The van der Waals surface area contributed by atoms with Gasteiger partial charge in [-0.25, -0.2) is 4.98 Å². The Hall–Kier alpha value is -5.49. The van der Waals surface area contributed by atoms with Gasteiger partial charge in [0.15, 0.2) is 5.13 Å². The van der Waals surface area contributed by atoms with Crippen LogP contribution in [0.4, 0.5) is 0 Å². The molecule has 0 saturated carbocycles. The van der Waals surface area contributed by atoms with Gasteiger partial charge in [0.05, 0.1) is 32.3 Å². The first-order chi connectivity index (χ1) is 22.8. The van der Waals surface area contributed by atoms with Crippen LogP contribution in [0.1, 0.15) is 0 Å². The molecule has 7 aromatic carbocycles. The van der Waals surface area contributed by atoms with E-state index in [1.54, 1.807) is 11.3 Å². The third kappa shape index (κ3) is 3.23. The molecule has 0 fully saturated rings. The lowest BCUT2D eigenvalue weighted by atomic mass is 10.0. The molecule has 0 radical (unpaired) electrons. The van der Waals surface area contributed by atoms with Gasteiger partial charge in [-0.1, -0.05) is 96.3 Å². The maximum Gasteiger partial charge on any atom is 0.195 e. The Morgan fingerprint density at radius 3 is 2.02 bits per heavy atom. The second kappa shape index (κ2) is 9.04. The van der Waals surface area contributed by atoms with E-state index in [4.69, 9.17) is 4.98 Å². The number of nitrogens with zero attached hydrogens (tertiary/aromatic N) is 3. The highest BCUT2D eigenvalue weighted by Gasteiger charge is 2.20. The van der Waals surface area contributed by atoms with Gasteiger partial charge in [0, 0.05) is 47.4 Å². The lowest BCUT2D eigenvalue weighted by Gasteiger charge is -2.09. The van der Waals surface area contributed by atoms with E-state index in [9.17, 15) is 0 Å². The zero-order valence-corrected chi connectivity index (χ0v) is 26.1. The van der Waals surface area contributed by atoms with Crippen molar-refractivity contribution in [2.24, 2.45) is 0 Å². The summed E-state index contributed by atoms with van der Waals surface area (Å²) in [5.74, 6) is 0. The second-order valence-electron chi connectivity index (χ2n) is 12.0. The van der Waals surface area contributed by atoms with Crippen LogP contribution >= 0.6 is 22.7 Å². The van der Waals surface area contributed by atoms with Gasteiger partial charge in [-0.05, 0) is 65.4 Å². The number of aromatic nitrogens is 3. The Kier molecular flexibility index (Phi) is 4.87. The Bertz CT molecular complexity index is 3040. The quantitative estimate of drug-likeness (QED) is 0.188. The molecule has 0 bridgehead atoms. The highest BCUT2D eigenvalue weighted by atomic mass is 32.1. The zero-order valence-electron chi connectivity index (χ0n) is 24.4. The van der Waals surface area contributed by atoms with E-state index >= 15 is 0 Å². The van der Waals surface area contributed by atoms with Gasteiger partial charge in [-0.15, -0.1) is 11.3 Å². The second-order valence-corrected chi connectivity index (χ2v) is 14.0. The van der Waals surface area contributed by atoms with E-state index in [0.717, 1.165) is 16.3 Å². The van der Waals surface area contributed by atoms with Gasteiger partial charge < -0.3 is 4.57 Å². The Labute approximate surface area is 270 Å². The number of fused-ring (bicyclic) bond motifs is 13. The van der Waals surface area contributed by atoms with Gasteiger partial charge in [0.1, 0.15) is 0 Å². The van der Waals surface area contributed by atoms with Crippen LogP contribution in [0, 0.1) is 0 Å². The average molecular weight is 622 g/mol. The molecule has 0 aliphatic heterocycles. The number of thiophene rings is 1. The minimum Gasteiger partial charge on any atom is -0.309 e. The molecule has 0 saturated heterocycles. The van der Waals surface area contributed by atoms with E-state index in [1.165, 1.54) is 79.3 Å². The maximum absolute atomic E-state index is 5.26. The normalized spacial score (nSPS) is 12.3. The molecule has 4 heterocycles. The van der Waals surface area contributed by atoms with Gasteiger partial charge in [0.25, 0.3) is 0 Å². The molecule has 11 aromatic rings. The van der Waals surface area contributed by atoms with Crippen LogP contribution in [0.25, 0.3) is 95.6 Å². The smallest absolute Gasteiger partial charge is 0.195 e. The molecular weight excluding hydrogens is 599 g/mol. The van der Waals surface area contributed by atoms with Gasteiger partial charge in [-0.2, -0.15) is 0 Å². The fourth-order valence-corrected chi connectivity index (χ4v) is 9.94. The van der Waals surface area contributed by atoms with Crippen molar-refractivity contribution < 1.29 is 0 Å². The van der Waals surface area contributed by atoms with Crippen LogP contribution in [-0.4, -0.2) is 14.1 Å². The van der Waals surface area contributed by atoms with Gasteiger partial charge >= 0.3 is 0 Å². The monoisotopic (exact) mass is 621 g/mol. The first kappa shape index (κ1) is 24.8. The highest BCUT2D eigenvalue weighted by molar-refractivity contribution is 7.28. The van der Waals surface area contributed by atoms with E-state index in [-0.39, 0.29) is 0 Å². The van der Waals surface area contributed by atoms with Crippen LogP contribution < -0.4 is 0 Å². The van der Waals surface area contributed by atoms with Gasteiger partial charge in [0.2, 0.25) is 0 Å². The first-order valence-electron chi connectivity index (χ1n) is 15.5. The van der Waals surface area contributed by atoms with Crippen LogP contribution in [-0.2, 0) is 0 Å². The van der Waals surface area contributed by atoms with Crippen molar-refractivity contribution >= 4 is 107 Å². The number of thiazole rings is 1. The van der Waals surface area contributed by atoms with E-state index in [2.05, 4.69) is 149 Å². The van der Waals surface area contributed by atoms with E-state index in [0.29, 0.717) is 0 Å². The zero-order chi connectivity index (χ0) is 29.9. The average Bonchev–Trinajstić information content (AvgIpc) is 3.86. The number of benzene rings is 7. The molecule has 214 valence electrons. The standard InChI is InChI=1S/C41H23N3S2/c1-2-10-26-24(9-1)17-20-35-38(26)28-12-4-7-15-33(28)43(35)25-18-21-34-30(23-25)27-11-3-6-14-32(27)44(34)41-42-31-19-22-37-39(40(31)46-41)29-13-5-8-16-36(29)45-37/h1-23H. The van der Waals surface area contributed by atoms with E-state index in [1.807, 2.05) is 11.3 Å². The lowest BCUT2D eigenvalue weighted by Crippen LogP contribution is -1.95. The Morgan fingerprint density at radius 2 is 1.13 bits per heavy atom. The highest BCUT2D eigenvalue weighted by Crippen LogP contribution is 2.43. The molecule has 0 aliphatic carbocycles. The first-order valence-corrected chi connectivity index (χ1v) is 17.1. The molecule has 0 N–H and O–H groups in total. The van der Waals surface area contributed by atoms with Crippen molar-refractivity contribution in [2.75, 3.05) is 0 Å². The fourth-order valence-electron chi connectivity index (χ4n) is 7.60. The summed E-state index contributed by atoms with van der Waals surface area (Å²) < 4.78 is 8.68. The summed E-state index contributed by atoms with van der Waals surface area (Å²) in [6, 6.07) is 50.9.